The Kier molecular flexibility index (Phi) is 5.92. The molecule has 1 aliphatic rings. The summed E-state index contributed by atoms with van der Waals surface area (Å²) in [7, 11) is 0. The molecule has 1 aromatic heterocycles. The number of benzene rings is 3. The molecule has 0 radical (unpaired) electrons. The first kappa shape index (κ1) is 20.7. The number of halogens is 1. The van der Waals surface area contributed by atoms with Gasteiger partial charge in [0.1, 0.15) is 5.75 Å². The van der Waals surface area contributed by atoms with Crippen molar-refractivity contribution in [3.05, 3.63) is 72.8 Å². The number of rotatable bonds is 5. The van der Waals surface area contributed by atoms with Crippen LogP contribution in [0.4, 0.5) is 17.5 Å². The Hall–Kier alpha value is -3.16. The zero-order chi connectivity index (χ0) is 21.9. The van der Waals surface area contributed by atoms with Gasteiger partial charge in [0.05, 0.1) is 34.0 Å². The second-order valence-electron chi connectivity index (χ2n) is 7.69. The van der Waals surface area contributed by atoms with E-state index < -0.39 is 0 Å². The van der Waals surface area contributed by atoms with Crippen LogP contribution in [-0.2, 0) is 4.74 Å². The molecule has 32 heavy (non-hydrogen) atoms. The maximum atomic E-state index is 5.99. The number of para-hydroxylation sites is 1. The lowest BCUT2D eigenvalue weighted by molar-refractivity contribution is -0.105. The molecule has 1 atom stereocenters. The van der Waals surface area contributed by atoms with Gasteiger partial charge in [0.25, 0.3) is 0 Å². The fourth-order valence-electron chi connectivity index (χ4n) is 3.82. The number of nitrogens with zero attached hydrogens (tertiary/aromatic N) is 3. The van der Waals surface area contributed by atoms with Gasteiger partial charge in [0.15, 0.2) is 12.1 Å². The summed E-state index contributed by atoms with van der Waals surface area (Å²) in [6, 6.07) is 24.1. The smallest absolute Gasteiger partial charge is 0.222 e. The lowest BCUT2D eigenvalue weighted by Crippen LogP contribution is -2.24. The maximum Gasteiger partial charge on any atom is 0.222 e. The second-order valence-corrected chi connectivity index (χ2v) is 8.40. The summed E-state index contributed by atoms with van der Waals surface area (Å²) in [6.45, 7) is 0.766. The molecular formula is C25H23BrN4O2. The topological polar surface area (TPSA) is 73.5 Å². The molecule has 7 heteroatoms. The fraction of sp³-hybridized carbons (Fsp3) is 0.200. The highest BCUT2D eigenvalue weighted by atomic mass is 79.9. The first-order chi connectivity index (χ1) is 15.7. The van der Waals surface area contributed by atoms with Gasteiger partial charge in [0.2, 0.25) is 5.95 Å². The molecule has 4 aromatic rings. The van der Waals surface area contributed by atoms with Crippen molar-refractivity contribution < 1.29 is 9.47 Å². The van der Waals surface area contributed by atoms with Crippen molar-refractivity contribution in [2.45, 2.75) is 25.6 Å². The molecule has 0 saturated carbocycles. The molecule has 1 saturated heterocycles. The highest BCUT2D eigenvalue weighted by Crippen LogP contribution is 2.35. The van der Waals surface area contributed by atoms with Crippen molar-refractivity contribution in [1.82, 2.24) is 9.97 Å². The van der Waals surface area contributed by atoms with Crippen LogP contribution in [0.25, 0.3) is 22.0 Å². The minimum Gasteiger partial charge on any atom is -0.465 e. The molecule has 162 valence electrons. The first-order valence-electron chi connectivity index (χ1n) is 10.6. The van der Waals surface area contributed by atoms with Gasteiger partial charge >= 0.3 is 0 Å². The van der Waals surface area contributed by atoms with Crippen molar-refractivity contribution in [3.8, 4) is 16.9 Å². The Balaban J connectivity index is 1.47. The summed E-state index contributed by atoms with van der Waals surface area (Å²) in [5.74, 6) is 1.73. The van der Waals surface area contributed by atoms with Crippen molar-refractivity contribution in [3.63, 3.8) is 0 Å². The molecule has 3 aromatic carbocycles. The average molecular weight is 491 g/mol. The van der Waals surface area contributed by atoms with Crippen LogP contribution >= 0.6 is 16.1 Å². The van der Waals surface area contributed by atoms with Crippen LogP contribution in [0.3, 0.4) is 0 Å². The van der Waals surface area contributed by atoms with E-state index in [2.05, 4.69) is 44.3 Å². The standard InChI is InChI=1S/C25H23BrN4O2/c26-30(19-6-2-1-3-7-19)24-21-16-18(11-14-22(21)28-25(27)29-24)17-9-12-20(13-10-17)32-23-8-4-5-15-31-23/h1-3,6-7,9-14,16,23H,4-5,8,15H2,(H2,27,28,29). The number of fused-ring (bicyclic) bond motifs is 1. The Morgan fingerprint density at radius 2 is 1.72 bits per heavy atom. The third-order valence-corrected chi connectivity index (χ3v) is 6.20. The first-order valence-corrected chi connectivity index (χ1v) is 11.4. The molecule has 1 fully saturated rings. The summed E-state index contributed by atoms with van der Waals surface area (Å²) in [4.78, 5) is 8.91. The van der Waals surface area contributed by atoms with E-state index in [4.69, 9.17) is 15.2 Å². The molecule has 2 heterocycles. The Morgan fingerprint density at radius 3 is 2.47 bits per heavy atom. The van der Waals surface area contributed by atoms with Gasteiger partial charge < -0.3 is 15.2 Å². The maximum absolute atomic E-state index is 5.99. The van der Waals surface area contributed by atoms with Gasteiger partial charge in [-0.15, -0.1) is 0 Å². The molecule has 6 nitrogen and oxygen atoms in total. The second kappa shape index (κ2) is 9.14. The molecule has 2 N–H and O–H groups in total. The van der Waals surface area contributed by atoms with Gasteiger partial charge in [-0.3, -0.25) is 3.93 Å². The Labute approximate surface area is 195 Å². The van der Waals surface area contributed by atoms with Crippen molar-refractivity contribution >= 4 is 44.5 Å². The van der Waals surface area contributed by atoms with Crippen molar-refractivity contribution in [2.24, 2.45) is 0 Å². The van der Waals surface area contributed by atoms with Gasteiger partial charge in [-0.1, -0.05) is 36.4 Å². The van der Waals surface area contributed by atoms with Crippen LogP contribution in [0.5, 0.6) is 5.75 Å². The van der Waals surface area contributed by atoms with Crippen LogP contribution in [-0.4, -0.2) is 22.9 Å². The minimum absolute atomic E-state index is 0.150. The molecule has 1 unspecified atom stereocenters. The van der Waals surface area contributed by atoms with E-state index in [-0.39, 0.29) is 12.2 Å². The summed E-state index contributed by atoms with van der Waals surface area (Å²) in [6.07, 6.45) is 3.03. The number of nitrogens with two attached hydrogens (primary N) is 1. The average Bonchev–Trinajstić information content (AvgIpc) is 2.84. The monoisotopic (exact) mass is 490 g/mol. The normalized spacial score (nSPS) is 16.1. The third-order valence-electron chi connectivity index (χ3n) is 5.45. The highest BCUT2D eigenvalue weighted by Gasteiger charge is 2.16. The van der Waals surface area contributed by atoms with Crippen LogP contribution in [0.1, 0.15) is 19.3 Å². The Morgan fingerprint density at radius 1 is 0.938 bits per heavy atom. The molecule has 0 bridgehead atoms. The Bertz CT molecular complexity index is 1210. The van der Waals surface area contributed by atoms with E-state index >= 15 is 0 Å². The van der Waals surface area contributed by atoms with Gasteiger partial charge in [-0.2, -0.15) is 4.98 Å². The zero-order valence-corrected chi connectivity index (χ0v) is 19.0. The summed E-state index contributed by atoms with van der Waals surface area (Å²) >= 11 is 3.65. The van der Waals surface area contributed by atoms with E-state index in [1.54, 1.807) is 0 Å². The quantitative estimate of drug-likeness (QED) is 0.334. The SMILES string of the molecule is Nc1nc(N(Br)c2ccccc2)c2cc(-c3ccc(OC4CCCCO4)cc3)ccc2n1. The molecule has 0 aliphatic carbocycles. The van der Waals surface area contributed by atoms with Crippen LogP contribution in [0.2, 0.25) is 0 Å². The summed E-state index contributed by atoms with van der Waals surface area (Å²) < 4.78 is 13.5. The van der Waals surface area contributed by atoms with Crippen LogP contribution < -0.4 is 14.4 Å². The number of aromatic nitrogens is 2. The third kappa shape index (κ3) is 4.40. The van der Waals surface area contributed by atoms with E-state index in [9.17, 15) is 0 Å². The van der Waals surface area contributed by atoms with E-state index in [0.717, 1.165) is 59.3 Å². The number of ether oxygens (including phenoxy) is 2. The summed E-state index contributed by atoms with van der Waals surface area (Å²) in [5, 5.41) is 0.897. The molecule has 0 spiro atoms. The lowest BCUT2D eigenvalue weighted by atomic mass is 10.0. The molecular weight excluding hydrogens is 468 g/mol. The van der Waals surface area contributed by atoms with E-state index in [0.29, 0.717) is 5.82 Å². The van der Waals surface area contributed by atoms with E-state index in [1.165, 1.54) is 0 Å². The predicted octanol–water partition coefficient (Wildman–Crippen LogP) is 6.23. The van der Waals surface area contributed by atoms with Crippen molar-refractivity contribution in [2.75, 3.05) is 16.3 Å². The fourth-order valence-corrected chi connectivity index (χ4v) is 4.33. The van der Waals surface area contributed by atoms with Gasteiger partial charge in [0, 0.05) is 11.8 Å². The summed E-state index contributed by atoms with van der Waals surface area (Å²) in [5.41, 5.74) is 9.85. The van der Waals surface area contributed by atoms with Gasteiger partial charge in [-0.25, -0.2) is 4.98 Å². The van der Waals surface area contributed by atoms with Crippen LogP contribution in [0, 0.1) is 0 Å². The largest absolute Gasteiger partial charge is 0.465 e. The van der Waals surface area contributed by atoms with E-state index in [1.807, 2.05) is 58.5 Å². The molecule has 5 rings (SSSR count). The van der Waals surface area contributed by atoms with Crippen molar-refractivity contribution in [1.29, 1.82) is 0 Å². The molecule has 1 aliphatic heterocycles. The van der Waals surface area contributed by atoms with Gasteiger partial charge in [-0.05, 0) is 60.4 Å². The number of hydrogen-bond acceptors (Lipinski definition) is 6. The zero-order valence-electron chi connectivity index (χ0n) is 17.4. The highest BCUT2D eigenvalue weighted by molar-refractivity contribution is 9.10. The molecule has 0 amide bonds. The van der Waals surface area contributed by atoms with Crippen LogP contribution in [0.15, 0.2) is 72.8 Å². The lowest BCUT2D eigenvalue weighted by Gasteiger charge is -2.23. The number of hydrogen-bond donors (Lipinski definition) is 1. The minimum atomic E-state index is -0.150. The predicted molar refractivity (Wildman–Crippen MR) is 131 cm³/mol. The number of nitrogen functional groups attached to an aromatic ring is 1. The number of anilines is 3.